The van der Waals surface area contributed by atoms with Crippen LogP contribution in [0.25, 0.3) is 22.5 Å². The van der Waals surface area contributed by atoms with Crippen LogP contribution in [0.4, 0.5) is 0 Å². The van der Waals surface area contributed by atoms with Gasteiger partial charge in [0.2, 0.25) is 0 Å². The second-order valence-electron chi connectivity index (χ2n) is 9.70. The zero-order chi connectivity index (χ0) is 27.7. The number of aromatic nitrogens is 3. The first-order chi connectivity index (χ1) is 18.6. The van der Waals surface area contributed by atoms with E-state index < -0.39 is 6.85 Å². The molecule has 5 aromatic rings. The fourth-order valence-corrected chi connectivity index (χ4v) is 4.57. The maximum absolute atomic E-state index is 7.63. The topological polar surface area (TPSA) is 32.0 Å². The summed E-state index contributed by atoms with van der Waals surface area (Å²) in [5, 5.41) is 4.70. The quantitative estimate of drug-likeness (QED) is 0.234. The molecule has 0 bridgehead atoms. The highest BCUT2D eigenvalue weighted by atomic mass is 16.5. The van der Waals surface area contributed by atoms with Gasteiger partial charge >= 0.3 is 0 Å². The van der Waals surface area contributed by atoms with Crippen LogP contribution in [-0.4, -0.2) is 14.3 Å². The van der Waals surface area contributed by atoms with Gasteiger partial charge in [0, 0.05) is 46.1 Å². The van der Waals surface area contributed by atoms with Crippen molar-refractivity contribution >= 4 is 0 Å². The molecule has 0 N–H and O–H groups in total. The zero-order valence-corrected chi connectivity index (χ0v) is 21.1. The molecule has 0 amide bonds. The van der Waals surface area contributed by atoms with Crippen LogP contribution in [0.3, 0.4) is 0 Å². The molecule has 5 rings (SSSR count). The minimum Gasteiger partial charge on any atom is -0.457 e. The van der Waals surface area contributed by atoms with Gasteiger partial charge in [0.25, 0.3) is 0 Å². The van der Waals surface area contributed by atoms with Crippen molar-refractivity contribution in [1.82, 2.24) is 14.3 Å². The standard InChI is InChI=1S/C32H33N3O/c1-22(2)30-13-8-14-31(23(3)4)32(30)25-19-33-35(21-25)27-10-7-12-29(18-27)36-28-11-6-9-26(17-28)34-16-15-24(5)20-34/h6-23H,1-5H3/i5D3. The molecule has 2 aromatic heterocycles. The molecule has 0 aliphatic heterocycles. The lowest BCUT2D eigenvalue weighted by Gasteiger charge is -2.18. The molecule has 0 fully saturated rings. The Kier molecular flexibility index (Phi) is 5.55. The van der Waals surface area contributed by atoms with E-state index in [0.717, 1.165) is 16.9 Å². The lowest BCUT2D eigenvalue weighted by molar-refractivity contribution is 0.482. The van der Waals surface area contributed by atoms with E-state index >= 15 is 0 Å². The van der Waals surface area contributed by atoms with E-state index in [1.165, 1.54) is 16.7 Å². The summed E-state index contributed by atoms with van der Waals surface area (Å²) < 4.78 is 32.8. The van der Waals surface area contributed by atoms with Crippen LogP contribution in [0.15, 0.2) is 97.6 Å². The van der Waals surface area contributed by atoms with Crippen LogP contribution < -0.4 is 4.74 Å². The fraction of sp³-hybridized carbons (Fsp3) is 0.219. The summed E-state index contributed by atoms with van der Waals surface area (Å²) in [6.07, 6.45) is 7.40. The van der Waals surface area contributed by atoms with Gasteiger partial charge in [-0.3, -0.25) is 0 Å². The average Bonchev–Trinajstić information content (AvgIpc) is 3.59. The van der Waals surface area contributed by atoms with E-state index in [9.17, 15) is 0 Å². The molecule has 0 unspecified atom stereocenters. The van der Waals surface area contributed by atoms with E-state index in [1.54, 1.807) is 23.0 Å². The highest BCUT2D eigenvalue weighted by Crippen LogP contribution is 2.36. The highest BCUT2D eigenvalue weighted by Gasteiger charge is 2.17. The Morgan fingerprint density at radius 2 is 1.42 bits per heavy atom. The lowest BCUT2D eigenvalue weighted by Crippen LogP contribution is -1.99. The van der Waals surface area contributed by atoms with E-state index in [-0.39, 0.29) is 0 Å². The number of hydrogen-bond acceptors (Lipinski definition) is 2. The van der Waals surface area contributed by atoms with E-state index in [2.05, 4.69) is 52.1 Å². The van der Waals surface area contributed by atoms with Crippen molar-refractivity contribution in [2.75, 3.05) is 0 Å². The van der Waals surface area contributed by atoms with Crippen molar-refractivity contribution in [3.8, 4) is 34.0 Å². The Morgan fingerprint density at radius 3 is 2.06 bits per heavy atom. The first kappa shape index (κ1) is 20.2. The maximum Gasteiger partial charge on any atom is 0.129 e. The second-order valence-corrected chi connectivity index (χ2v) is 9.70. The largest absolute Gasteiger partial charge is 0.457 e. The van der Waals surface area contributed by atoms with Gasteiger partial charge in [-0.15, -0.1) is 0 Å². The van der Waals surface area contributed by atoms with E-state index in [1.807, 2.05) is 59.4 Å². The summed E-state index contributed by atoms with van der Waals surface area (Å²) in [5.41, 5.74) is 7.04. The van der Waals surface area contributed by atoms with Crippen molar-refractivity contribution < 1.29 is 8.85 Å². The predicted molar refractivity (Wildman–Crippen MR) is 148 cm³/mol. The van der Waals surface area contributed by atoms with Crippen molar-refractivity contribution in [3.05, 3.63) is 114 Å². The van der Waals surface area contributed by atoms with Crippen LogP contribution in [0.1, 0.15) is 60.3 Å². The number of hydrogen-bond donors (Lipinski definition) is 0. The molecule has 36 heavy (non-hydrogen) atoms. The third-order valence-corrected chi connectivity index (χ3v) is 6.37. The molecule has 0 radical (unpaired) electrons. The van der Waals surface area contributed by atoms with Crippen molar-refractivity contribution in [2.45, 2.75) is 46.4 Å². The zero-order valence-electron chi connectivity index (χ0n) is 24.1. The molecular weight excluding hydrogens is 442 g/mol. The molecule has 0 aliphatic carbocycles. The second kappa shape index (κ2) is 9.90. The Balaban J connectivity index is 1.41. The molecule has 182 valence electrons. The van der Waals surface area contributed by atoms with Crippen LogP contribution in [-0.2, 0) is 0 Å². The van der Waals surface area contributed by atoms with Gasteiger partial charge in [0.05, 0.1) is 11.9 Å². The molecule has 0 atom stereocenters. The molecular formula is C32H33N3O. The van der Waals surface area contributed by atoms with Gasteiger partial charge in [-0.1, -0.05) is 58.0 Å². The Labute approximate surface area is 218 Å². The van der Waals surface area contributed by atoms with Crippen molar-refractivity contribution in [3.63, 3.8) is 0 Å². The molecule has 0 spiro atoms. The van der Waals surface area contributed by atoms with Crippen molar-refractivity contribution in [1.29, 1.82) is 0 Å². The van der Waals surface area contributed by atoms with E-state index in [0.29, 0.717) is 28.9 Å². The summed E-state index contributed by atoms with van der Waals surface area (Å²) in [5.74, 6) is 2.15. The van der Waals surface area contributed by atoms with E-state index in [4.69, 9.17) is 13.9 Å². The van der Waals surface area contributed by atoms with Crippen molar-refractivity contribution in [2.24, 2.45) is 0 Å². The number of benzene rings is 3. The number of aryl methyl sites for hydroxylation is 1. The van der Waals surface area contributed by atoms with Crippen LogP contribution >= 0.6 is 0 Å². The Bertz CT molecular complexity index is 1570. The molecule has 0 saturated carbocycles. The number of ether oxygens (including phenoxy) is 1. The normalized spacial score (nSPS) is 13.0. The van der Waals surface area contributed by atoms with Gasteiger partial charge in [-0.05, 0) is 71.3 Å². The van der Waals surface area contributed by atoms with Gasteiger partial charge in [-0.2, -0.15) is 5.10 Å². The molecule has 0 aliphatic rings. The summed E-state index contributed by atoms with van der Waals surface area (Å²) in [7, 11) is 0. The Hall–Kier alpha value is -4.05. The molecule has 2 heterocycles. The molecule has 0 saturated heterocycles. The minimum absolute atomic E-state index is 0.302. The number of nitrogens with zero attached hydrogens (tertiary/aromatic N) is 3. The minimum atomic E-state index is -2.14. The maximum atomic E-state index is 7.63. The average molecular weight is 479 g/mol. The fourth-order valence-electron chi connectivity index (χ4n) is 4.57. The monoisotopic (exact) mass is 478 g/mol. The SMILES string of the molecule is [2H]C([2H])([2H])c1ccn(-c2cccc(Oc3cccc(-n4cc(-c5c(C(C)C)cccc5C(C)C)cn4)c3)c2)c1. The summed E-state index contributed by atoms with van der Waals surface area (Å²) in [6, 6.07) is 23.6. The summed E-state index contributed by atoms with van der Waals surface area (Å²) in [4.78, 5) is 0. The van der Waals surface area contributed by atoms with Gasteiger partial charge in [0.1, 0.15) is 11.5 Å². The van der Waals surface area contributed by atoms with Crippen LogP contribution in [0, 0.1) is 6.85 Å². The van der Waals surface area contributed by atoms with Gasteiger partial charge < -0.3 is 9.30 Å². The highest BCUT2D eigenvalue weighted by molar-refractivity contribution is 5.72. The Morgan fingerprint density at radius 1 is 0.778 bits per heavy atom. The first-order valence-electron chi connectivity index (χ1n) is 13.8. The van der Waals surface area contributed by atoms with Gasteiger partial charge in [-0.25, -0.2) is 4.68 Å². The predicted octanol–water partition coefficient (Wildman–Crippen LogP) is 8.68. The molecule has 4 heteroatoms. The summed E-state index contributed by atoms with van der Waals surface area (Å²) in [6.45, 7) is 6.77. The first-order valence-corrected chi connectivity index (χ1v) is 12.3. The summed E-state index contributed by atoms with van der Waals surface area (Å²) >= 11 is 0. The third kappa shape index (κ3) is 4.85. The third-order valence-electron chi connectivity index (χ3n) is 6.37. The molecule has 4 nitrogen and oxygen atoms in total. The van der Waals surface area contributed by atoms with Crippen LogP contribution in [0.5, 0.6) is 11.5 Å². The number of rotatable bonds is 7. The van der Waals surface area contributed by atoms with Crippen LogP contribution in [0.2, 0.25) is 0 Å². The smallest absolute Gasteiger partial charge is 0.129 e. The van der Waals surface area contributed by atoms with Gasteiger partial charge in [0.15, 0.2) is 0 Å². The lowest BCUT2D eigenvalue weighted by atomic mass is 9.86. The molecule has 3 aromatic carbocycles.